The van der Waals surface area contributed by atoms with Crippen molar-refractivity contribution in [1.29, 1.82) is 0 Å². The minimum atomic E-state index is -0.524. The Balaban J connectivity index is 2.82. The molecular formula is C15H23N3O4. The molecule has 0 unspecified atom stereocenters. The number of benzene rings is 1. The number of amides is 3. The summed E-state index contributed by atoms with van der Waals surface area (Å²) in [6.07, 6.45) is 0. The van der Waals surface area contributed by atoms with Gasteiger partial charge in [0.25, 0.3) is 0 Å². The van der Waals surface area contributed by atoms with Gasteiger partial charge in [-0.2, -0.15) is 0 Å². The van der Waals surface area contributed by atoms with Crippen LogP contribution < -0.4 is 20.1 Å². The van der Waals surface area contributed by atoms with E-state index in [4.69, 9.17) is 9.47 Å². The lowest BCUT2D eigenvalue weighted by Crippen LogP contribution is -2.47. The first-order valence-electron chi connectivity index (χ1n) is 6.87. The molecule has 1 atom stereocenters. The van der Waals surface area contributed by atoms with Gasteiger partial charge in [-0.25, -0.2) is 4.79 Å². The number of nitrogens with one attached hydrogen (secondary N) is 2. The summed E-state index contributed by atoms with van der Waals surface area (Å²) in [6, 6.07) is 4.57. The van der Waals surface area contributed by atoms with Gasteiger partial charge in [0.2, 0.25) is 5.91 Å². The van der Waals surface area contributed by atoms with Crippen LogP contribution in [-0.4, -0.2) is 51.2 Å². The van der Waals surface area contributed by atoms with Crippen molar-refractivity contribution < 1.29 is 19.1 Å². The number of ether oxygens (including phenoxy) is 2. The number of likely N-dealkylation sites (N-methyl/N-ethyl adjacent to an activating group) is 1. The van der Waals surface area contributed by atoms with Gasteiger partial charge in [0.05, 0.1) is 20.3 Å². The lowest BCUT2D eigenvalue weighted by atomic mass is 10.1. The Morgan fingerprint density at radius 3 is 2.50 bits per heavy atom. The normalized spacial score (nSPS) is 11.7. The number of carbonyl (C=O) groups is 2. The highest BCUT2D eigenvalue weighted by atomic mass is 16.5. The SMILES string of the molecule is CNC(=O)NC(=O)[C@H](C)N(C)Cc1cccc(OC)c1OC. The van der Waals surface area contributed by atoms with Crippen LogP contribution >= 0.6 is 0 Å². The number of urea groups is 1. The van der Waals surface area contributed by atoms with Gasteiger partial charge in [-0.3, -0.25) is 15.0 Å². The van der Waals surface area contributed by atoms with Gasteiger partial charge >= 0.3 is 6.03 Å². The van der Waals surface area contributed by atoms with E-state index < -0.39 is 12.1 Å². The van der Waals surface area contributed by atoms with Gasteiger partial charge in [0.15, 0.2) is 11.5 Å². The average molecular weight is 309 g/mol. The molecule has 122 valence electrons. The fourth-order valence-electron chi connectivity index (χ4n) is 1.96. The molecule has 0 spiro atoms. The number of hydrogen-bond acceptors (Lipinski definition) is 5. The maximum absolute atomic E-state index is 12.0. The lowest BCUT2D eigenvalue weighted by molar-refractivity contribution is -0.124. The van der Waals surface area contributed by atoms with Gasteiger partial charge in [0, 0.05) is 19.2 Å². The summed E-state index contributed by atoms with van der Waals surface area (Å²) in [7, 11) is 6.40. The van der Waals surface area contributed by atoms with Crippen LogP contribution in [0.2, 0.25) is 0 Å². The standard InChI is InChI=1S/C15H23N3O4/c1-10(14(19)17-15(20)16-2)18(3)9-11-7-6-8-12(21-4)13(11)22-5/h6-8,10H,9H2,1-5H3,(H2,16,17,19,20)/t10-/m0/s1. The molecule has 0 bridgehead atoms. The Labute approximate surface area is 130 Å². The molecule has 7 heteroatoms. The number of methoxy groups -OCH3 is 2. The third-order valence-electron chi connectivity index (χ3n) is 3.41. The van der Waals surface area contributed by atoms with E-state index >= 15 is 0 Å². The summed E-state index contributed by atoms with van der Waals surface area (Å²) in [6.45, 7) is 2.20. The minimum Gasteiger partial charge on any atom is -0.493 e. The van der Waals surface area contributed by atoms with Crippen LogP contribution in [0.5, 0.6) is 11.5 Å². The molecule has 22 heavy (non-hydrogen) atoms. The molecule has 0 aliphatic carbocycles. The van der Waals surface area contributed by atoms with E-state index in [-0.39, 0.29) is 5.91 Å². The zero-order chi connectivity index (χ0) is 16.7. The summed E-state index contributed by atoms with van der Waals surface area (Å²) in [5.74, 6) is 0.898. The second-order valence-corrected chi connectivity index (χ2v) is 4.81. The predicted molar refractivity (Wildman–Crippen MR) is 83.1 cm³/mol. The molecule has 0 aliphatic rings. The van der Waals surface area contributed by atoms with E-state index in [1.54, 1.807) is 28.2 Å². The number of rotatable bonds is 6. The van der Waals surface area contributed by atoms with E-state index in [0.717, 1.165) is 5.56 Å². The molecule has 0 saturated carbocycles. The van der Waals surface area contributed by atoms with Crippen LogP contribution in [0.15, 0.2) is 18.2 Å². The Morgan fingerprint density at radius 2 is 1.95 bits per heavy atom. The van der Waals surface area contributed by atoms with E-state index in [2.05, 4.69) is 10.6 Å². The fraction of sp³-hybridized carbons (Fsp3) is 0.467. The van der Waals surface area contributed by atoms with Gasteiger partial charge < -0.3 is 14.8 Å². The highest BCUT2D eigenvalue weighted by Gasteiger charge is 2.21. The van der Waals surface area contributed by atoms with Crippen molar-refractivity contribution >= 4 is 11.9 Å². The Bertz CT molecular complexity index is 534. The first-order valence-corrected chi connectivity index (χ1v) is 6.87. The van der Waals surface area contributed by atoms with Crippen molar-refractivity contribution in [3.8, 4) is 11.5 Å². The highest BCUT2D eigenvalue weighted by Crippen LogP contribution is 2.31. The Morgan fingerprint density at radius 1 is 1.27 bits per heavy atom. The van der Waals surface area contributed by atoms with Crippen LogP contribution in [0.3, 0.4) is 0 Å². The molecule has 0 radical (unpaired) electrons. The topological polar surface area (TPSA) is 79.9 Å². The lowest BCUT2D eigenvalue weighted by Gasteiger charge is -2.24. The first kappa shape index (κ1) is 17.8. The zero-order valence-electron chi connectivity index (χ0n) is 13.6. The predicted octanol–water partition coefficient (Wildman–Crippen LogP) is 0.980. The van der Waals surface area contributed by atoms with Crippen LogP contribution in [0.1, 0.15) is 12.5 Å². The fourth-order valence-corrected chi connectivity index (χ4v) is 1.96. The third-order valence-corrected chi connectivity index (χ3v) is 3.41. The number of imide groups is 1. The molecule has 7 nitrogen and oxygen atoms in total. The van der Waals surface area contributed by atoms with Crippen molar-refractivity contribution in [2.45, 2.75) is 19.5 Å². The monoisotopic (exact) mass is 309 g/mol. The van der Waals surface area contributed by atoms with Crippen LogP contribution in [0.25, 0.3) is 0 Å². The number of carbonyl (C=O) groups excluding carboxylic acids is 2. The second kappa shape index (κ2) is 8.23. The highest BCUT2D eigenvalue weighted by molar-refractivity contribution is 5.96. The zero-order valence-corrected chi connectivity index (χ0v) is 13.6. The summed E-state index contributed by atoms with van der Waals surface area (Å²) in [4.78, 5) is 25.0. The molecule has 2 N–H and O–H groups in total. The van der Waals surface area contributed by atoms with Crippen LogP contribution in [0.4, 0.5) is 4.79 Å². The smallest absolute Gasteiger partial charge is 0.321 e. The number of hydrogen-bond donors (Lipinski definition) is 2. The van der Waals surface area contributed by atoms with Crippen molar-refractivity contribution in [1.82, 2.24) is 15.5 Å². The number of nitrogens with zero attached hydrogens (tertiary/aromatic N) is 1. The molecule has 3 amide bonds. The average Bonchev–Trinajstić information content (AvgIpc) is 2.53. The van der Waals surface area contributed by atoms with E-state index in [0.29, 0.717) is 18.0 Å². The molecular weight excluding hydrogens is 286 g/mol. The summed E-state index contributed by atoms with van der Waals surface area (Å²) >= 11 is 0. The van der Waals surface area contributed by atoms with Gasteiger partial charge in [-0.05, 0) is 20.0 Å². The maximum Gasteiger partial charge on any atom is 0.321 e. The first-order chi connectivity index (χ1) is 10.4. The molecule has 0 heterocycles. The molecule has 0 fully saturated rings. The van der Waals surface area contributed by atoms with E-state index in [9.17, 15) is 9.59 Å². The maximum atomic E-state index is 12.0. The molecule has 1 aromatic rings. The number of para-hydroxylation sites is 1. The van der Waals surface area contributed by atoms with Gasteiger partial charge in [-0.1, -0.05) is 12.1 Å². The summed E-state index contributed by atoms with van der Waals surface area (Å²) in [5.41, 5.74) is 0.893. The largest absolute Gasteiger partial charge is 0.493 e. The molecule has 0 aromatic heterocycles. The van der Waals surface area contributed by atoms with Gasteiger partial charge in [-0.15, -0.1) is 0 Å². The Hall–Kier alpha value is -2.28. The molecule has 1 aromatic carbocycles. The summed E-state index contributed by atoms with van der Waals surface area (Å²) < 4.78 is 10.6. The van der Waals surface area contributed by atoms with E-state index in [1.165, 1.54) is 7.05 Å². The van der Waals surface area contributed by atoms with Crippen molar-refractivity contribution in [2.75, 3.05) is 28.3 Å². The molecule has 0 aliphatic heterocycles. The molecule has 0 saturated heterocycles. The van der Waals surface area contributed by atoms with Crippen LogP contribution in [0, 0.1) is 0 Å². The quantitative estimate of drug-likeness (QED) is 0.819. The summed E-state index contributed by atoms with van der Waals surface area (Å²) in [5, 5.41) is 4.61. The second-order valence-electron chi connectivity index (χ2n) is 4.81. The third kappa shape index (κ3) is 4.36. The minimum absolute atomic E-state index is 0.372. The van der Waals surface area contributed by atoms with Gasteiger partial charge in [0.1, 0.15) is 0 Å². The van der Waals surface area contributed by atoms with Crippen molar-refractivity contribution in [3.05, 3.63) is 23.8 Å². The van der Waals surface area contributed by atoms with Crippen molar-refractivity contribution in [3.63, 3.8) is 0 Å². The van der Waals surface area contributed by atoms with Crippen molar-refractivity contribution in [2.24, 2.45) is 0 Å². The Kier molecular flexibility index (Phi) is 6.65. The van der Waals surface area contributed by atoms with E-state index in [1.807, 2.05) is 23.1 Å². The molecule has 1 rings (SSSR count). The van der Waals surface area contributed by atoms with Crippen LogP contribution in [-0.2, 0) is 11.3 Å².